The second kappa shape index (κ2) is 5.18. The van der Waals surface area contributed by atoms with Crippen LogP contribution in [0.15, 0.2) is 11.4 Å². The SMILES string of the molecule is CC(N)CC1=C(N)NC(=O)NC1CC(C)N. The molecule has 1 heterocycles. The number of nitrogens with one attached hydrogen (secondary N) is 2. The molecule has 16 heavy (non-hydrogen) atoms. The average molecular weight is 227 g/mol. The zero-order chi connectivity index (χ0) is 12.3. The van der Waals surface area contributed by atoms with Crippen molar-refractivity contribution in [2.45, 2.75) is 44.8 Å². The molecule has 8 N–H and O–H groups in total. The molecule has 0 radical (unpaired) electrons. The van der Waals surface area contributed by atoms with Gasteiger partial charge in [-0.2, -0.15) is 0 Å². The van der Waals surface area contributed by atoms with Crippen molar-refractivity contribution in [1.29, 1.82) is 0 Å². The topological polar surface area (TPSA) is 119 Å². The minimum atomic E-state index is -0.281. The molecule has 1 rings (SSSR count). The van der Waals surface area contributed by atoms with Crippen molar-refractivity contribution < 1.29 is 4.79 Å². The number of carbonyl (C=O) groups excluding carboxylic acids is 1. The molecule has 3 unspecified atom stereocenters. The maximum absolute atomic E-state index is 11.3. The number of carbonyl (C=O) groups is 1. The van der Waals surface area contributed by atoms with Gasteiger partial charge in [-0.05, 0) is 32.3 Å². The van der Waals surface area contributed by atoms with Gasteiger partial charge in [-0.3, -0.25) is 5.32 Å². The van der Waals surface area contributed by atoms with Crippen LogP contribution < -0.4 is 27.8 Å². The maximum Gasteiger partial charge on any atom is 0.320 e. The largest absolute Gasteiger partial charge is 0.385 e. The second-order valence-corrected chi connectivity index (χ2v) is 4.48. The molecule has 0 saturated heterocycles. The van der Waals surface area contributed by atoms with Gasteiger partial charge in [0.05, 0.1) is 6.04 Å². The fraction of sp³-hybridized carbons (Fsp3) is 0.700. The fourth-order valence-electron chi connectivity index (χ4n) is 1.84. The van der Waals surface area contributed by atoms with Crippen molar-refractivity contribution in [3.63, 3.8) is 0 Å². The van der Waals surface area contributed by atoms with E-state index in [-0.39, 0.29) is 24.2 Å². The molecule has 0 spiro atoms. The highest BCUT2D eigenvalue weighted by Crippen LogP contribution is 2.18. The molecule has 0 aromatic carbocycles. The maximum atomic E-state index is 11.3. The Labute approximate surface area is 95.6 Å². The molecule has 3 atom stereocenters. The molecular weight excluding hydrogens is 206 g/mol. The van der Waals surface area contributed by atoms with E-state index in [0.717, 1.165) is 5.57 Å². The summed E-state index contributed by atoms with van der Waals surface area (Å²) in [5, 5.41) is 5.36. The van der Waals surface area contributed by atoms with Crippen molar-refractivity contribution in [2.75, 3.05) is 0 Å². The van der Waals surface area contributed by atoms with Gasteiger partial charge in [-0.1, -0.05) is 0 Å². The van der Waals surface area contributed by atoms with E-state index < -0.39 is 0 Å². The van der Waals surface area contributed by atoms with Crippen molar-refractivity contribution >= 4 is 6.03 Å². The van der Waals surface area contributed by atoms with Crippen molar-refractivity contribution in [1.82, 2.24) is 10.6 Å². The summed E-state index contributed by atoms with van der Waals surface area (Å²) in [6.07, 6.45) is 1.31. The Kier molecular flexibility index (Phi) is 4.14. The van der Waals surface area contributed by atoms with E-state index in [1.54, 1.807) is 0 Å². The lowest BCUT2D eigenvalue weighted by molar-refractivity contribution is 0.236. The van der Waals surface area contributed by atoms with Crippen LogP contribution in [-0.2, 0) is 0 Å². The normalized spacial score (nSPS) is 24.8. The third-order valence-electron chi connectivity index (χ3n) is 2.47. The second-order valence-electron chi connectivity index (χ2n) is 4.48. The van der Waals surface area contributed by atoms with Gasteiger partial charge in [0.2, 0.25) is 0 Å². The molecular formula is C10H21N5O. The predicted molar refractivity (Wildman–Crippen MR) is 63.2 cm³/mol. The van der Waals surface area contributed by atoms with Crippen LogP contribution in [0.3, 0.4) is 0 Å². The van der Waals surface area contributed by atoms with Gasteiger partial charge in [0.25, 0.3) is 0 Å². The van der Waals surface area contributed by atoms with E-state index in [2.05, 4.69) is 10.6 Å². The van der Waals surface area contributed by atoms with Crippen LogP contribution in [0, 0.1) is 0 Å². The van der Waals surface area contributed by atoms with Gasteiger partial charge in [0, 0.05) is 12.1 Å². The van der Waals surface area contributed by atoms with E-state index in [9.17, 15) is 4.79 Å². The minimum Gasteiger partial charge on any atom is -0.385 e. The molecule has 6 heteroatoms. The molecule has 6 nitrogen and oxygen atoms in total. The first-order valence-corrected chi connectivity index (χ1v) is 5.47. The van der Waals surface area contributed by atoms with Gasteiger partial charge in [-0.15, -0.1) is 0 Å². The molecule has 2 amide bonds. The van der Waals surface area contributed by atoms with E-state index in [4.69, 9.17) is 17.2 Å². The number of urea groups is 1. The summed E-state index contributed by atoms with van der Waals surface area (Å²) in [5.41, 5.74) is 18.2. The fourth-order valence-corrected chi connectivity index (χ4v) is 1.84. The van der Waals surface area contributed by atoms with E-state index in [1.165, 1.54) is 0 Å². The summed E-state index contributed by atoms with van der Waals surface area (Å²) >= 11 is 0. The van der Waals surface area contributed by atoms with Gasteiger partial charge in [-0.25, -0.2) is 4.79 Å². The number of amides is 2. The average Bonchev–Trinajstić information content (AvgIpc) is 2.09. The van der Waals surface area contributed by atoms with Crippen LogP contribution in [0.2, 0.25) is 0 Å². The first-order chi connectivity index (χ1) is 7.40. The van der Waals surface area contributed by atoms with Crippen molar-refractivity contribution in [3.05, 3.63) is 11.4 Å². The zero-order valence-electron chi connectivity index (χ0n) is 9.79. The molecule has 92 valence electrons. The first-order valence-electron chi connectivity index (χ1n) is 5.47. The summed E-state index contributed by atoms with van der Waals surface area (Å²) in [4.78, 5) is 11.3. The summed E-state index contributed by atoms with van der Waals surface area (Å²) in [6, 6.07) is -0.392. The van der Waals surface area contributed by atoms with Crippen LogP contribution in [-0.4, -0.2) is 24.2 Å². The quantitative estimate of drug-likeness (QED) is 0.437. The Morgan fingerprint density at radius 3 is 2.44 bits per heavy atom. The summed E-state index contributed by atoms with van der Waals surface area (Å²) in [6.45, 7) is 3.80. The summed E-state index contributed by atoms with van der Waals surface area (Å²) in [5.74, 6) is 0.409. The third kappa shape index (κ3) is 3.39. The zero-order valence-corrected chi connectivity index (χ0v) is 9.79. The van der Waals surface area contributed by atoms with Crippen LogP contribution in [0.5, 0.6) is 0 Å². The standard InChI is InChI=1S/C10H21N5O/c1-5(11)3-7-8(4-6(2)12)14-10(16)15-9(7)13/h5-6,8H,3-4,11-13H2,1-2H3,(H2,14,15,16). The lowest BCUT2D eigenvalue weighted by Gasteiger charge is -2.30. The Bertz CT molecular complexity index is 298. The lowest BCUT2D eigenvalue weighted by atomic mass is 9.94. The molecule has 0 aliphatic carbocycles. The van der Waals surface area contributed by atoms with Crippen LogP contribution in [0.1, 0.15) is 26.7 Å². The predicted octanol–water partition coefficient (Wildman–Crippen LogP) is -0.687. The Balaban J connectivity index is 2.84. The summed E-state index contributed by atoms with van der Waals surface area (Å²) in [7, 11) is 0. The number of hydrogen-bond donors (Lipinski definition) is 5. The molecule has 0 fully saturated rings. The number of rotatable bonds is 4. The van der Waals surface area contributed by atoms with Gasteiger partial charge < -0.3 is 22.5 Å². The number of nitrogens with two attached hydrogens (primary N) is 3. The highest BCUT2D eigenvalue weighted by molar-refractivity contribution is 5.78. The van der Waals surface area contributed by atoms with E-state index >= 15 is 0 Å². The Hall–Kier alpha value is -1.27. The van der Waals surface area contributed by atoms with Crippen LogP contribution in [0.4, 0.5) is 4.79 Å². The smallest absolute Gasteiger partial charge is 0.320 e. The van der Waals surface area contributed by atoms with Gasteiger partial charge in [0.15, 0.2) is 0 Å². The third-order valence-corrected chi connectivity index (χ3v) is 2.47. The van der Waals surface area contributed by atoms with Crippen LogP contribution in [0.25, 0.3) is 0 Å². The lowest BCUT2D eigenvalue weighted by Crippen LogP contribution is -2.52. The van der Waals surface area contributed by atoms with Crippen molar-refractivity contribution in [2.24, 2.45) is 17.2 Å². The highest BCUT2D eigenvalue weighted by Gasteiger charge is 2.26. The van der Waals surface area contributed by atoms with E-state index in [0.29, 0.717) is 18.7 Å². The molecule has 1 aliphatic heterocycles. The van der Waals surface area contributed by atoms with E-state index in [1.807, 2.05) is 13.8 Å². The van der Waals surface area contributed by atoms with Gasteiger partial charge in [0.1, 0.15) is 5.82 Å². The van der Waals surface area contributed by atoms with Crippen molar-refractivity contribution in [3.8, 4) is 0 Å². The monoisotopic (exact) mass is 227 g/mol. The van der Waals surface area contributed by atoms with Crippen LogP contribution >= 0.6 is 0 Å². The summed E-state index contributed by atoms with van der Waals surface area (Å²) < 4.78 is 0. The molecule has 1 aliphatic rings. The highest BCUT2D eigenvalue weighted by atomic mass is 16.2. The van der Waals surface area contributed by atoms with Gasteiger partial charge >= 0.3 is 6.03 Å². The first kappa shape index (κ1) is 12.8. The molecule has 0 aromatic heterocycles. The number of hydrogen-bond acceptors (Lipinski definition) is 4. The Morgan fingerprint density at radius 1 is 1.31 bits per heavy atom. The molecule has 0 aromatic rings. The minimum absolute atomic E-state index is 0.000666. The molecule has 0 saturated carbocycles. The Morgan fingerprint density at radius 2 is 1.94 bits per heavy atom. The molecule has 0 bridgehead atoms.